The molecule has 0 unspecified atom stereocenters. The van der Waals surface area contributed by atoms with Crippen molar-refractivity contribution in [2.75, 3.05) is 41.4 Å². The SMILES string of the molecule is Cc1ccc(C)c(N(CCC(=O)Nc2ccc(N(C)C)cc2)S(C)(=O)=O)c1. The first-order chi connectivity index (χ1) is 12.6. The molecule has 0 aromatic heterocycles. The molecule has 146 valence electrons. The number of nitrogens with zero attached hydrogens (tertiary/aromatic N) is 2. The summed E-state index contributed by atoms with van der Waals surface area (Å²) in [5, 5.41) is 2.81. The molecule has 0 aliphatic heterocycles. The first kappa shape index (κ1) is 20.8. The molecule has 1 amide bonds. The Balaban J connectivity index is 2.08. The largest absolute Gasteiger partial charge is 0.378 e. The van der Waals surface area contributed by atoms with E-state index in [1.807, 2.05) is 75.3 Å². The number of benzene rings is 2. The van der Waals surface area contributed by atoms with Crippen molar-refractivity contribution in [3.05, 3.63) is 53.6 Å². The molecule has 0 radical (unpaired) electrons. The minimum atomic E-state index is -3.49. The molecule has 0 heterocycles. The summed E-state index contributed by atoms with van der Waals surface area (Å²) in [6, 6.07) is 13.1. The second-order valence-corrected chi connectivity index (χ2v) is 8.77. The summed E-state index contributed by atoms with van der Waals surface area (Å²) in [6.07, 6.45) is 1.22. The van der Waals surface area contributed by atoms with Gasteiger partial charge in [0.1, 0.15) is 0 Å². The van der Waals surface area contributed by atoms with E-state index in [4.69, 9.17) is 0 Å². The lowest BCUT2D eigenvalue weighted by molar-refractivity contribution is -0.116. The van der Waals surface area contributed by atoms with E-state index >= 15 is 0 Å². The van der Waals surface area contributed by atoms with Gasteiger partial charge in [-0.15, -0.1) is 0 Å². The molecule has 2 aromatic carbocycles. The Morgan fingerprint density at radius 1 is 1.04 bits per heavy atom. The van der Waals surface area contributed by atoms with Gasteiger partial charge >= 0.3 is 0 Å². The number of nitrogens with one attached hydrogen (secondary N) is 1. The highest BCUT2D eigenvalue weighted by Gasteiger charge is 2.20. The van der Waals surface area contributed by atoms with Crippen LogP contribution in [0, 0.1) is 13.8 Å². The van der Waals surface area contributed by atoms with Crippen LogP contribution in [0.3, 0.4) is 0 Å². The third-order valence-electron chi connectivity index (χ3n) is 4.24. The Labute approximate surface area is 161 Å². The van der Waals surface area contributed by atoms with Gasteiger partial charge in [0.25, 0.3) is 0 Å². The van der Waals surface area contributed by atoms with Gasteiger partial charge in [-0.1, -0.05) is 12.1 Å². The summed E-state index contributed by atoms with van der Waals surface area (Å²) in [5.74, 6) is -0.230. The molecule has 2 aromatic rings. The van der Waals surface area contributed by atoms with Crippen molar-refractivity contribution in [1.29, 1.82) is 0 Å². The molecule has 0 atom stereocenters. The fourth-order valence-electron chi connectivity index (χ4n) is 2.72. The highest BCUT2D eigenvalue weighted by molar-refractivity contribution is 7.92. The number of anilines is 3. The van der Waals surface area contributed by atoms with Crippen LogP contribution in [0.1, 0.15) is 17.5 Å². The quantitative estimate of drug-likeness (QED) is 0.790. The third-order valence-corrected chi connectivity index (χ3v) is 5.42. The van der Waals surface area contributed by atoms with E-state index < -0.39 is 10.0 Å². The molecule has 0 bridgehead atoms. The van der Waals surface area contributed by atoms with Gasteiger partial charge in [0.2, 0.25) is 15.9 Å². The van der Waals surface area contributed by atoms with Crippen LogP contribution in [0.25, 0.3) is 0 Å². The molecule has 0 aliphatic carbocycles. The lowest BCUT2D eigenvalue weighted by Gasteiger charge is -2.24. The fraction of sp³-hybridized carbons (Fsp3) is 0.350. The van der Waals surface area contributed by atoms with Crippen LogP contribution in [0.5, 0.6) is 0 Å². The van der Waals surface area contributed by atoms with E-state index in [0.717, 1.165) is 23.1 Å². The number of carbonyl (C=O) groups excluding carboxylic acids is 1. The second kappa shape index (κ2) is 8.43. The van der Waals surface area contributed by atoms with Crippen molar-refractivity contribution < 1.29 is 13.2 Å². The number of hydrogen-bond donors (Lipinski definition) is 1. The van der Waals surface area contributed by atoms with Crippen LogP contribution in [-0.2, 0) is 14.8 Å². The van der Waals surface area contributed by atoms with Gasteiger partial charge in [0.15, 0.2) is 0 Å². The van der Waals surface area contributed by atoms with Crippen LogP contribution in [0.4, 0.5) is 17.1 Å². The molecule has 7 heteroatoms. The molecule has 2 rings (SSSR count). The highest BCUT2D eigenvalue weighted by atomic mass is 32.2. The summed E-state index contributed by atoms with van der Waals surface area (Å²) < 4.78 is 25.8. The van der Waals surface area contributed by atoms with Crippen LogP contribution >= 0.6 is 0 Å². The average molecular weight is 390 g/mol. The van der Waals surface area contributed by atoms with Crippen LogP contribution < -0.4 is 14.5 Å². The maximum atomic E-state index is 12.3. The Morgan fingerprint density at radius 2 is 1.67 bits per heavy atom. The van der Waals surface area contributed by atoms with Gasteiger partial charge in [0, 0.05) is 38.4 Å². The van der Waals surface area contributed by atoms with Gasteiger partial charge in [-0.3, -0.25) is 9.10 Å². The molecule has 0 spiro atoms. The lowest BCUT2D eigenvalue weighted by atomic mass is 10.1. The standard InChI is InChI=1S/C20H27N3O3S/c1-15-6-7-16(2)19(14-15)23(27(5,25)26)13-12-20(24)21-17-8-10-18(11-9-17)22(3)4/h6-11,14H,12-13H2,1-5H3,(H,21,24). The van der Waals surface area contributed by atoms with Gasteiger partial charge in [-0.25, -0.2) is 8.42 Å². The van der Waals surface area contributed by atoms with Crippen LogP contribution in [-0.4, -0.2) is 41.2 Å². The van der Waals surface area contributed by atoms with Gasteiger partial charge < -0.3 is 10.2 Å². The van der Waals surface area contributed by atoms with E-state index in [0.29, 0.717) is 11.4 Å². The number of amides is 1. The zero-order chi connectivity index (χ0) is 20.2. The van der Waals surface area contributed by atoms with E-state index in [9.17, 15) is 13.2 Å². The lowest BCUT2D eigenvalue weighted by Crippen LogP contribution is -2.33. The maximum Gasteiger partial charge on any atom is 0.232 e. The monoisotopic (exact) mass is 389 g/mol. The summed E-state index contributed by atoms with van der Waals surface area (Å²) in [7, 11) is 0.397. The Hall–Kier alpha value is -2.54. The van der Waals surface area contributed by atoms with Crippen molar-refractivity contribution in [2.24, 2.45) is 0 Å². The number of carbonyl (C=O) groups is 1. The zero-order valence-electron chi connectivity index (χ0n) is 16.5. The van der Waals surface area contributed by atoms with Crippen LogP contribution in [0.15, 0.2) is 42.5 Å². The predicted octanol–water partition coefficient (Wildman–Crippen LogP) is 3.16. The first-order valence-corrected chi connectivity index (χ1v) is 10.5. The van der Waals surface area contributed by atoms with Crippen molar-refractivity contribution >= 4 is 33.0 Å². The Kier molecular flexibility index (Phi) is 6.49. The summed E-state index contributed by atoms with van der Waals surface area (Å²) in [5.41, 5.74) is 4.15. The molecule has 27 heavy (non-hydrogen) atoms. The topological polar surface area (TPSA) is 69.7 Å². The molecule has 0 fully saturated rings. The molecule has 0 saturated carbocycles. The molecule has 0 aliphatic rings. The van der Waals surface area contributed by atoms with Crippen molar-refractivity contribution in [3.63, 3.8) is 0 Å². The van der Waals surface area contributed by atoms with Crippen molar-refractivity contribution in [2.45, 2.75) is 20.3 Å². The van der Waals surface area contributed by atoms with E-state index in [1.54, 1.807) is 0 Å². The summed E-state index contributed by atoms with van der Waals surface area (Å²) in [4.78, 5) is 14.3. The van der Waals surface area contributed by atoms with Crippen LogP contribution in [0.2, 0.25) is 0 Å². The van der Waals surface area contributed by atoms with Crippen molar-refractivity contribution in [3.8, 4) is 0 Å². The number of sulfonamides is 1. The summed E-state index contributed by atoms with van der Waals surface area (Å²) >= 11 is 0. The number of aryl methyl sites for hydroxylation is 2. The van der Waals surface area contributed by atoms with Gasteiger partial charge in [-0.05, 0) is 55.3 Å². The van der Waals surface area contributed by atoms with Crippen molar-refractivity contribution in [1.82, 2.24) is 0 Å². The number of rotatable bonds is 7. The average Bonchev–Trinajstić information content (AvgIpc) is 2.57. The number of hydrogen-bond acceptors (Lipinski definition) is 4. The zero-order valence-corrected chi connectivity index (χ0v) is 17.3. The molecular weight excluding hydrogens is 362 g/mol. The van der Waals surface area contributed by atoms with E-state index in [-0.39, 0.29) is 18.9 Å². The van der Waals surface area contributed by atoms with Gasteiger partial charge in [-0.2, -0.15) is 0 Å². The molecule has 6 nitrogen and oxygen atoms in total. The van der Waals surface area contributed by atoms with E-state index in [1.165, 1.54) is 4.31 Å². The maximum absolute atomic E-state index is 12.3. The minimum absolute atomic E-state index is 0.0654. The molecule has 1 N–H and O–H groups in total. The third kappa shape index (κ3) is 5.72. The normalized spacial score (nSPS) is 11.1. The fourth-order valence-corrected chi connectivity index (χ4v) is 3.70. The Bertz CT molecular complexity index is 907. The minimum Gasteiger partial charge on any atom is -0.378 e. The van der Waals surface area contributed by atoms with Gasteiger partial charge in [0.05, 0.1) is 11.9 Å². The smallest absolute Gasteiger partial charge is 0.232 e. The van der Waals surface area contributed by atoms with E-state index in [2.05, 4.69) is 5.32 Å². The predicted molar refractivity (Wildman–Crippen MR) is 112 cm³/mol. The highest BCUT2D eigenvalue weighted by Crippen LogP contribution is 2.24. The molecule has 0 saturated heterocycles. The molecular formula is C20H27N3O3S. The Morgan fingerprint density at radius 3 is 2.22 bits per heavy atom. The first-order valence-electron chi connectivity index (χ1n) is 8.70. The second-order valence-electron chi connectivity index (χ2n) is 6.86. The summed E-state index contributed by atoms with van der Waals surface area (Å²) in [6.45, 7) is 3.86.